The molecule has 0 spiro atoms. The van der Waals surface area contributed by atoms with Crippen molar-refractivity contribution in [3.8, 4) is 0 Å². The zero-order valence-corrected chi connectivity index (χ0v) is 8.83. The summed E-state index contributed by atoms with van der Waals surface area (Å²) in [5.74, 6) is -1.06. The van der Waals surface area contributed by atoms with Crippen LogP contribution in [0.4, 0.5) is 0 Å². The van der Waals surface area contributed by atoms with E-state index in [1.54, 1.807) is 6.92 Å². The van der Waals surface area contributed by atoms with Crippen LogP contribution in [0.3, 0.4) is 0 Å². The number of aliphatic hydroxyl groups is 1. The Kier molecular flexibility index (Phi) is 8.14. The molecule has 0 fully saturated rings. The van der Waals surface area contributed by atoms with Crippen LogP contribution in [-0.4, -0.2) is 24.0 Å². The van der Waals surface area contributed by atoms with Crippen molar-refractivity contribution in [2.45, 2.75) is 13.3 Å². The van der Waals surface area contributed by atoms with Gasteiger partial charge in [0, 0.05) is 6.42 Å². The predicted octanol–water partition coefficient (Wildman–Crippen LogP) is 0.602. The summed E-state index contributed by atoms with van der Waals surface area (Å²) < 4.78 is 32.0. The Bertz CT molecular complexity index is 349. The number of ether oxygens (including phenoxy) is 1. The molecule has 1 N–H and O–H groups in total. The molecule has 0 aliphatic rings. The summed E-state index contributed by atoms with van der Waals surface area (Å²) in [6, 6.07) is 0. The van der Waals surface area contributed by atoms with E-state index in [0.717, 1.165) is 0 Å². The number of rotatable bonds is 3. The zero-order valence-electron chi connectivity index (χ0n) is 8.02. The van der Waals surface area contributed by atoms with E-state index >= 15 is 0 Å². The van der Waals surface area contributed by atoms with Gasteiger partial charge < -0.3 is 14.4 Å². The molecule has 0 aromatic heterocycles. The maximum absolute atomic E-state index is 10.3. The molecule has 0 aliphatic carbocycles. The number of aliphatic hydroxyl groups excluding tert-OH is 1. The van der Waals surface area contributed by atoms with Crippen molar-refractivity contribution in [2.75, 3.05) is 0 Å². The van der Waals surface area contributed by atoms with Gasteiger partial charge in [-0.05, 0) is 12.3 Å². The molecule has 0 atom stereocenters. The smallest absolute Gasteiger partial charge is 0.344 e. The maximum Gasteiger partial charge on any atom is 0.344 e. The van der Waals surface area contributed by atoms with Gasteiger partial charge >= 0.3 is 27.4 Å². The van der Waals surface area contributed by atoms with Crippen LogP contribution in [0, 0.1) is 5.41 Å². The van der Waals surface area contributed by atoms with Crippen LogP contribution in [0.2, 0.25) is 0 Å². The van der Waals surface area contributed by atoms with Gasteiger partial charge in [-0.3, -0.25) is 4.79 Å². The summed E-state index contributed by atoms with van der Waals surface area (Å²) >= 11 is 0. The lowest BCUT2D eigenvalue weighted by Crippen LogP contribution is -2.00. The van der Waals surface area contributed by atoms with Crippen LogP contribution >= 0.6 is 0 Å². The van der Waals surface area contributed by atoms with Crippen LogP contribution in [0.15, 0.2) is 24.8 Å². The van der Waals surface area contributed by atoms with Crippen molar-refractivity contribution in [1.82, 2.24) is 0 Å². The van der Waals surface area contributed by atoms with E-state index in [9.17, 15) is 17.8 Å². The Hall–Kier alpha value is -1.65. The first kappa shape index (κ1) is 15.8. The van der Waals surface area contributed by atoms with Crippen molar-refractivity contribution >= 4 is 16.1 Å². The average Bonchev–Trinajstić information content (AvgIpc) is 2.17. The normalized spacial score (nSPS) is 8.67. The molecule has 6 nitrogen and oxygen atoms in total. The fourth-order valence-corrected chi connectivity index (χ4v) is 0.216. The van der Waals surface area contributed by atoms with Gasteiger partial charge in [-0.15, -0.1) is 0 Å². The Morgan fingerprint density at radius 3 is 2.27 bits per heavy atom. The van der Waals surface area contributed by atoms with E-state index in [4.69, 9.17) is 5.11 Å². The van der Waals surface area contributed by atoms with Crippen molar-refractivity contribution in [3.63, 3.8) is 0 Å². The van der Waals surface area contributed by atoms with Crippen molar-refractivity contribution in [1.29, 1.82) is 0 Å². The third-order valence-electron chi connectivity index (χ3n) is 0.827. The summed E-state index contributed by atoms with van der Waals surface area (Å²) in [7, 11) is -4.27. The van der Waals surface area contributed by atoms with Crippen LogP contribution < -0.4 is 0 Å². The Morgan fingerprint density at radius 2 is 2.07 bits per heavy atom. The molecule has 7 heteroatoms. The van der Waals surface area contributed by atoms with Gasteiger partial charge in [0.2, 0.25) is 0 Å². The van der Waals surface area contributed by atoms with Gasteiger partial charge in [0.05, 0.1) is 0 Å². The van der Waals surface area contributed by atoms with Crippen LogP contribution in [0.25, 0.3) is 0 Å². The van der Waals surface area contributed by atoms with Gasteiger partial charge in [0.25, 0.3) is 0 Å². The van der Waals surface area contributed by atoms with Gasteiger partial charge in [0.1, 0.15) is 0 Å². The largest absolute Gasteiger partial charge is 0.703 e. The highest BCUT2D eigenvalue weighted by Crippen LogP contribution is 1.91. The predicted molar refractivity (Wildman–Crippen MR) is 50.2 cm³/mol. The van der Waals surface area contributed by atoms with E-state index in [1.807, 2.05) is 5.73 Å². The highest BCUT2D eigenvalue weighted by Gasteiger charge is 1.99. The quantitative estimate of drug-likeness (QED) is 0.252. The summed E-state index contributed by atoms with van der Waals surface area (Å²) in [5.41, 5.74) is 2.01. The van der Waals surface area contributed by atoms with E-state index in [0.29, 0.717) is 0 Å². The SMILES string of the molecule is C=C=C(O)OC(=O)CC.C=[C+]S(=O)(=O)[O-]. The molecular weight excluding hydrogens is 224 g/mol. The fourth-order valence-electron chi connectivity index (χ4n) is 0.216. The molecule has 0 rings (SSSR count). The minimum absolute atomic E-state index is 0.228. The third kappa shape index (κ3) is 15.1. The first-order valence-electron chi connectivity index (χ1n) is 3.56. The van der Waals surface area contributed by atoms with Gasteiger partial charge in [-0.25, -0.2) is 0 Å². The van der Waals surface area contributed by atoms with Crippen LogP contribution in [0.1, 0.15) is 13.3 Å². The molecule has 0 bridgehead atoms. The lowest BCUT2D eigenvalue weighted by molar-refractivity contribution is -0.142. The van der Waals surface area contributed by atoms with Gasteiger partial charge in [-0.2, -0.15) is 8.42 Å². The summed E-state index contributed by atoms with van der Waals surface area (Å²) in [6.45, 7) is 7.29. The van der Waals surface area contributed by atoms with Gasteiger partial charge in [-0.1, -0.05) is 6.92 Å². The summed E-state index contributed by atoms with van der Waals surface area (Å²) in [5, 5.41) is 9.73. The molecule has 0 amide bonds. The molecule has 15 heavy (non-hydrogen) atoms. The van der Waals surface area contributed by atoms with E-state index < -0.39 is 22.0 Å². The molecule has 0 saturated heterocycles. The van der Waals surface area contributed by atoms with Crippen molar-refractivity contribution in [3.05, 3.63) is 30.2 Å². The molecule has 0 saturated carbocycles. The summed E-state index contributed by atoms with van der Waals surface area (Å²) in [4.78, 5) is 10.3. The Balaban J connectivity index is 0. The second-order valence-corrected chi connectivity index (χ2v) is 3.10. The zero-order chi connectivity index (χ0) is 12.5. The minimum Gasteiger partial charge on any atom is -0.703 e. The number of esters is 1. The number of carbonyl (C=O) groups is 1. The second-order valence-electron chi connectivity index (χ2n) is 1.91. The first-order valence-corrected chi connectivity index (χ1v) is 4.97. The average molecular weight is 234 g/mol. The molecule has 0 aromatic rings. The fraction of sp³-hybridized carbons (Fsp3) is 0.250. The van der Waals surface area contributed by atoms with Crippen LogP contribution in [0.5, 0.6) is 0 Å². The lowest BCUT2D eigenvalue weighted by Gasteiger charge is -1.94. The minimum atomic E-state index is -4.27. The lowest BCUT2D eigenvalue weighted by atomic mass is 10.5. The molecule has 0 aromatic carbocycles. The van der Waals surface area contributed by atoms with Crippen molar-refractivity contribution < 1.29 is 27.6 Å². The highest BCUT2D eigenvalue weighted by molar-refractivity contribution is 7.87. The number of carbonyl (C=O) groups excluding carboxylic acids is 1. The molecular formula is C8H10O6S. The second kappa shape index (κ2) is 7.73. The number of hydrogen-bond donors (Lipinski definition) is 1. The molecule has 0 radical (unpaired) electrons. The summed E-state index contributed by atoms with van der Waals surface area (Å²) in [6.07, 6.45) is 0.228. The highest BCUT2D eigenvalue weighted by atomic mass is 32.2. The molecule has 0 heterocycles. The molecule has 84 valence electrons. The maximum atomic E-state index is 10.3. The molecule has 0 unspecified atom stereocenters. The third-order valence-corrected chi connectivity index (χ3v) is 1.18. The van der Waals surface area contributed by atoms with Crippen molar-refractivity contribution in [2.24, 2.45) is 0 Å². The van der Waals surface area contributed by atoms with Gasteiger partial charge in [0.15, 0.2) is 6.58 Å². The molecule has 0 aliphatic heterocycles. The first-order chi connectivity index (χ1) is 6.76. The Morgan fingerprint density at radius 1 is 1.67 bits per heavy atom. The van der Waals surface area contributed by atoms with E-state index in [2.05, 4.69) is 17.9 Å². The Labute approximate surface area is 87.9 Å². The topological polar surface area (TPSA) is 104 Å². The van der Waals surface area contributed by atoms with E-state index in [1.165, 1.54) is 5.41 Å². The number of hydrogen-bond acceptors (Lipinski definition) is 6. The monoisotopic (exact) mass is 234 g/mol. The van der Waals surface area contributed by atoms with Crippen LogP contribution in [-0.2, 0) is 19.6 Å². The van der Waals surface area contributed by atoms with E-state index in [-0.39, 0.29) is 6.42 Å². The standard InChI is InChI=1S/C6H8O3.C2H2O3S/c1-3-5(7)9-6(8)4-2;1-2-6(3,4)5/h7H,1,4H2,2H3;1H2.